The molecule has 7 nitrogen and oxygen atoms in total. The van der Waals surface area contributed by atoms with Gasteiger partial charge in [-0.3, -0.25) is 4.57 Å². The fraction of sp³-hybridized carbons (Fsp3) is 0.278. The summed E-state index contributed by atoms with van der Waals surface area (Å²) in [5, 5.41) is 0. The highest BCUT2D eigenvalue weighted by Crippen LogP contribution is 2.18. The van der Waals surface area contributed by atoms with Gasteiger partial charge in [0.1, 0.15) is 5.52 Å². The highest BCUT2D eigenvalue weighted by molar-refractivity contribution is 5.81. The lowest BCUT2D eigenvalue weighted by atomic mass is 10.1. The zero-order chi connectivity index (χ0) is 17.2. The molecule has 1 aliphatic rings. The zero-order valence-electron chi connectivity index (χ0n) is 13.7. The van der Waals surface area contributed by atoms with Crippen LogP contribution in [0.15, 0.2) is 41.2 Å². The number of H-pyrrole nitrogens is 1. The minimum Gasteiger partial charge on any atom is -0.463 e. The van der Waals surface area contributed by atoms with E-state index in [-0.39, 0.29) is 17.5 Å². The SMILES string of the molecule is Nc1nc2nc3c1[nH]c(=O)n3CCc1cccc(c1)CC=CCCO2. The molecule has 0 fully saturated rings. The predicted molar refractivity (Wildman–Crippen MR) is 95.7 cm³/mol. The average Bonchev–Trinajstić information content (AvgIpc) is 2.92. The molecule has 7 heteroatoms. The molecule has 4 rings (SSSR count). The summed E-state index contributed by atoms with van der Waals surface area (Å²) < 4.78 is 7.19. The van der Waals surface area contributed by atoms with E-state index >= 15 is 0 Å². The van der Waals surface area contributed by atoms with E-state index in [0.717, 1.165) is 19.3 Å². The van der Waals surface area contributed by atoms with E-state index in [1.54, 1.807) is 4.57 Å². The molecule has 4 bridgehead atoms. The Morgan fingerprint density at radius 2 is 2.08 bits per heavy atom. The Balaban J connectivity index is 1.78. The number of allylic oxidation sites excluding steroid dienone is 1. The smallest absolute Gasteiger partial charge is 0.327 e. The van der Waals surface area contributed by atoms with Gasteiger partial charge in [-0.15, -0.1) is 0 Å². The van der Waals surface area contributed by atoms with Crippen molar-refractivity contribution in [3.05, 3.63) is 58.0 Å². The fourth-order valence-electron chi connectivity index (χ4n) is 3.01. The van der Waals surface area contributed by atoms with Gasteiger partial charge in [-0.2, -0.15) is 9.97 Å². The van der Waals surface area contributed by atoms with Gasteiger partial charge in [-0.1, -0.05) is 36.4 Å². The summed E-state index contributed by atoms with van der Waals surface area (Å²) in [5.74, 6) is 0.220. The third-order valence-electron chi connectivity index (χ3n) is 4.28. The third kappa shape index (κ3) is 3.13. The second-order valence-corrected chi connectivity index (χ2v) is 6.05. The molecule has 0 radical (unpaired) electrons. The summed E-state index contributed by atoms with van der Waals surface area (Å²) in [7, 11) is 0. The molecule has 3 aromatic rings. The Morgan fingerprint density at radius 1 is 1.20 bits per heavy atom. The number of fused-ring (bicyclic) bond motifs is 3. The van der Waals surface area contributed by atoms with E-state index in [1.807, 2.05) is 0 Å². The second kappa shape index (κ2) is 6.43. The quantitative estimate of drug-likeness (QED) is 0.610. The van der Waals surface area contributed by atoms with E-state index in [0.29, 0.717) is 24.3 Å². The lowest BCUT2D eigenvalue weighted by molar-refractivity contribution is 0.300. The molecule has 3 N–H and O–H groups in total. The Morgan fingerprint density at radius 3 is 3.00 bits per heavy atom. The van der Waals surface area contributed by atoms with Gasteiger partial charge in [-0.25, -0.2) is 4.79 Å². The number of hydrogen-bond acceptors (Lipinski definition) is 5. The second-order valence-electron chi connectivity index (χ2n) is 6.05. The van der Waals surface area contributed by atoms with E-state index in [2.05, 4.69) is 51.4 Å². The van der Waals surface area contributed by atoms with Gasteiger partial charge in [0.15, 0.2) is 11.5 Å². The third-order valence-corrected chi connectivity index (χ3v) is 4.28. The summed E-state index contributed by atoms with van der Waals surface area (Å²) in [6.45, 7) is 0.962. The number of nitrogen functional groups attached to an aromatic ring is 1. The average molecular weight is 337 g/mol. The van der Waals surface area contributed by atoms with Crippen LogP contribution in [0.2, 0.25) is 0 Å². The molecule has 0 amide bonds. The van der Waals surface area contributed by atoms with Crippen LogP contribution < -0.4 is 16.2 Å². The molecule has 25 heavy (non-hydrogen) atoms. The van der Waals surface area contributed by atoms with Crippen molar-refractivity contribution in [1.29, 1.82) is 0 Å². The Bertz CT molecular complexity index is 1000. The number of benzene rings is 1. The molecule has 0 atom stereocenters. The van der Waals surface area contributed by atoms with Crippen molar-refractivity contribution < 1.29 is 4.74 Å². The van der Waals surface area contributed by atoms with Crippen LogP contribution in [0.5, 0.6) is 6.01 Å². The first-order chi connectivity index (χ1) is 12.2. The number of aromatic amines is 1. The molecule has 0 unspecified atom stereocenters. The van der Waals surface area contributed by atoms with E-state index < -0.39 is 0 Å². The first-order valence-electron chi connectivity index (χ1n) is 8.32. The minimum atomic E-state index is -0.240. The van der Waals surface area contributed by atoms with E-state index in [4.69, 9.17) is 10.5 Å². The van der Waals surface area contributed by atoms with Crippen molar-refractivity contribution in [3.8, 4) is 6.01 Å². The number of nitrogens with one attached hydrogen (secondary N) is 1. The van der Waals surface area contributed by atoms with Crippen LogP contribution in [-0.2, 0) is 19.4 Å². The van der Waals surface area contributed by atoms with Gasteiger partial charge in [0, 0.05) is 6.54 Å². The standard InChI is InChI=1S/C18H19N5O2/c19-15-14-16-22-17(21-15)25-10-3-1-2-5-12-6-4-7-13(11-12)8-9-23(16)18(24)20-14/h1-2,4,6-7,11H,3,5,8-10H2,(H,20,24)(H2,19,21,22). The van der Waals surface area contributed by atoms with Crippen molar-refractivity contribution in [2.24, 2.45) is 0 Å². The molecule has 1 aromatic carbocycles. The molecule has 3 heterocycles. The van der Waals surface area contributed by atoms with Crippen molar-refractivity contribution in [3.63, 3.8) is 0 Å². The van der Waals surface area contributed by atoms with Gasteiger partial charge in [0.25, 0.3) is 0 Å². The lowest BCUT2D eigenvalue weighted by Gasteiger charge is -2.07. The molecular formula is C18H19N5O2. The summed E-state index contributed by atoms with van der Waals surface area (Å²) in [4.78, 5) is 23.5. The van der Waals surface area contributed by atoms with Crippen molar-refractivity contribution in [2.45, 2.75) is 25.8 Å². The van der Waals surface area contributed by atoms with Gasteiger partial charge >= 0.3 is 11.7 Å². The van der Waals surface area contributed by atoms with Gasteiger partial charge in [-0.05, 0) is 30.4 Å². The normalized spacial score (nSPS) is 14.9. The lowest BCUT2D eigenvalue weighted by Crippen LogP contribution is -2.18. The Kier molecular flexibility index (Phi) is 3.97. The molecule has 2 aromatic heterocycles. The monoisotopic (exact) mass is 337 g/mol. The first kappa shape index (κ1) is 15.4. The van der Waals surface area contributed by atoms with Crippen LogP contribution in [0.4, 0.5) is 5.82 Å². The largest absolute Gasteiger partial charge is 0.463 e. The zero-order valence-corrected chi connectivity index (χ0v) is 13.7. The maximum atomic E-state index is 12.3. The van der Waals surface area contributed by atoms with Crippen LogP contribution in [0, 0.1) is 0 Å². The highest BCUT2D eigenvalue weighted by Gasteiger charge is 2.14. The summed E-state index contributed by atoms with van der Waals surface area (Å²) in [6.07, 6.45) is 6.57. The molecule has 0 aliphatic carbocycles. The molecule has 128 valence electrons. The number of nitrogens with two attached hydrogens (primary N) is 1. The predicted octanol–water partition coefficient (Wildman–Crippen LogP) is 1.83. The van der Waals surface area contributed by atoms with Crippen LogP contribution >= 0.6 is 0 Å². The number of imidazole rings is 1. The molecule has 1 aliphatic heterocycles. The van der Waals surface area contributed by atoms with Crippen molar-refractivity contribution in [1.82, 2.24) is 19.5 Å². The van der Waals surface area contributed by atoms with Crippen molar-refractivity contribution >= 4 is 17.0 Å². The van der Waals surface area contributed by atoms with Crippen molar-refractivity contribution in [2.75, 3.05) is 12.3 Å². The summed E-state index contributed by atoms with van der Waals surface area (Å²) in [5.41, 5.74) is 9.08. The number of anilines is 1. The fourth-order valence-corrected chi connectivity index (χ4v) is 3.01. The molecule has 0 saturated carbocycles. The maximum Gasteiger partial charge on any atom is 0.327 e. The topological polar surface area (TPSA) is 98.8 Å². The number of aromatic nitrogens is 4. The van der Waals surface area contributed by atoms with Crippen LogP contribution in [0.1, 0.15) is 17.5 Å². The summed E-state index contributed by atoms with van der Waals surface area (Å²) >= 11 is 0. The van der Waals surface area contributed by atoms with Crippen LogP contribution in [0.25, 0.3) is 11.2 Å². The molecule has 0 saturated heterocycles. The van der Waals surface area contributed by atoms with E-state index in [1.165, 1.54) is 11.1 Å². The van der Waals surface area contributed by atoms with Gasteiger partial charge < -0.3 is 15.5 Å². The van der Waals surface area contributed by atoms with E-state index in [9.17, 15) is 4.79 Å². The number of aryl methyl sites for hydroxylation is 2. The first-order valence-corrected chi connectivity index (χ1v) is 8.32. The number of rotatable bonds is 0. The summed E-state index contributed by atoms with van der Waals surface area (Å²) in [6, 6.07) is 8.61. The highest BCUT2D eigenvalue weighted by atomic mass is 16.5. The number of hydrogen-bond donors (Lipinski definition) is 2. The minimum absolute atomic E-state index is 0.196. The molecular weight excluding hydrogens is 318 g/mol. The maximum absolute atomic E-state index is 12.3. The van der Waals surface area contributed by atoms with Crippen LogP contribution in [-0.4, -0.2) is 26.1 Å². The Hall–Kier alpha value is -3.09. The van der Waals surface area contributed by atoms with Crippen LogP contribution in [0.3, 0.4) is 0 Å². The van der Waals surface area contributed by atoms with Gasteiger partial charge in [0.2, 0.25) is 0 Å². The Labute approximate surface area is 144 Å². The molecule has 0 spiro atoms. The number of ether oxygens (including phenoxy) is 1. The number of nitrogens with zero attached hydrogens (tertiary/aromatic N) is 3. The van der Waals surface area contributed by atoms with Gasteiger partial charge in [0.05, 0.1) is 6.61 Å².